The van der Waals surface area contributed by atoms with Gasteiger partial charge in [-0.3, -0.25) is 0 Å². The molecule has 0 bridgehead atoms. The first-order valence-corrected chi connectivity index (χ1v) is 11.0. The zero-order valence-corrected chi connectivity index (χ0v) is 18.2. The van der Waals surface area contributed by atoms with Crippen LogP contribution >= 0.6 is 0 Å². The van der Waals surface area contributed by atoms with Crippen molar-refractivity contribution in [2.75, 3.05) is 26.4 Å². The van der Waals surface area contributed by atoms with Gasteiger partial charge in [-0.2, -0.15) is 0 Å². The van der Waals surface area contributed by atoms with Crippen molar-refractivity contribution < 1.29 is 18.9 Å². The highest BCUT2D eigenvalue weighted by Crippen LogP contribution is 2.20. The second-order valence-corrected chi connectivity index (χ2v) is 7.19. The first-order valence-electron chi connectivity index (χ1n) is 11.0. The van der Waals surface area contributed by atoms with Crippen LogP contribution in [0.5, 0.6) is 0 Å². The zero-order valence-electron chi connectivity index (χ0n) is 18.2. The number of hydrogen-bond acceptors (Lipinski definition) is 4. The molecule has 0 aliphatic heterocycles. The second-order valence-electron chi connectivity index (χ2n) is 7.19. The Morgan fingerprint density at radius 1 is 0.484 bits per heavy atom. The monoisotopic (exact) mass is 420 g/mol. The number of ether oxygens (including phenoxy) is 4. The van der Waals surface area contributed by atoms with E-state index in [4.69, 9.17) is 18.9 Å². The van der Waals surface area contributed by atoms with Crippen molar-refractivity contribution in [3.05, 3.63) is 108 Å². The Morgan fingerprint density at radius 2 is 0.806 bits per heavy atom. The summed E-state index contributed by atoms with van der Waals surface area (Å²) in [6, 6.07) is 30.7. The van der Waals surface area contributed by atoms with E-state index in [0.717, 1.165) is 19.3 Å². The van der Waals surface area contributed by atoms with Crippen LogP contribution < -0.4 is 0 Å². The van der Waals surface area contributed by atoms with E-state index in [9.17, 15) is 0 Å². The first-order chi connectivity index (χ1) is 15.3. The minimum absolute atomic E-state index is 0.419. The van der Waals surface area contributed by atoms with E-state index >= 15 is 0 Å². The van der Waals surface area contributed by atoms with Gasteiger partial charge in [0.25, 0.3) is 0 Å². The lowest BCUT2D eigenvalue weighted by molar-refractivity contribution is -0.497. The fourth-order valence-corrected chi connectivity index (χ4v) is 3.24. The topological polar surface area (TPSA) is 36.9 Å². The summed E-state index contributed by atoms with van der Waals surface area (Å²) in [6.45, 7) is 3.63. The molecule has 0 spiro atoms. The SMILES string of the molecule is CCOC(OCCc1ccccc1)(OCCc1ccccc1)OCCc1ccccc1. The number of hydrogen-bond donors (Lipinski definition) is 0. The molecule has 31 heavy (non-hydrogen) atoms. The summed E-state index contributed by atoms with van der Waals surface area (Å²) in [5.41, 5.74) is 3.59. The molecule has 4 nitrogen and oxygen atoms in total. The molecule has 0 N–H and O–H groups in total. The Kier molecular flexibility index (Phi) is 9.74. The largest absolute Gasteiger partial charge is 0.412 e. The molecule has 0 aliphatic rings. The van der Waals surface area contributed by atoms with E-state index in [1.165, 1.54) is 16.7 Å². The summed E-state index contributed by atoms with van der Waals surface area (Å²) >= 11 is 0. The predicted octanol–water partition coefficient (Wildman–Crippen LogP) is 5.41. The van der Waals surface area contributed by atoms with E-state index in [2.05, 4.69) is 36.4 Å². The molecule has 3 rings (SSSR count). The molecule has 0 heterocycles. The third-order valence-electron chi connectivity index (χ3n) is 4.86. The zero-order chi connectivity index (χ0) is 21.6. The molecule has 0 fully saturated rings. The van der Waals surface area contributed by atoms with Crippen LogP contribution in [0.4, 0.5) is 0 Å². The van der Waals surface area contributed by atoms with Crippen LogP contribution in [0.3, 0.4) is 0 Å². The second kappa shape index (κ2) is 13.0. The Labute approximate surface area is 185 Å². The van der Waals surface area contributed by atoms with E-state index in [0.29, 0.717) is 26.4 Å². The molecule has 0 amide bonds. The normalized spacial score (nSPS) is 11.5. The smallest absolute Gasteiger partial charge is 0.304 e. The highest BCUT2D eigenvalue weighted by Gasteiger charge is 2.35. The number of rotatable bonds is 14. The quantitative estimate of drug-likeness (QED) is 0.327. The summed E-state index contributed by atoms with van der Waals surface area (Å²) < 4.78 is 24.1. The highest BCUT2D eigenvalue weighted by molar-refractivity contribution is 5.16. The molecule has 0 unspecified atom stereocenters. The molecule has 164 valence electrons. The van der Waals surface area contributed by atoms with Gasteiger partial charge in [-0.25, -0.2) is 0 Å². The van der Waals surface area contributed by atoms with Gasteiger partial charge < -0.3 is 18.9 Å². The van der Waals surface area contributed by atoms with Crippen LogP contribution in [0.15, 0.2) is 91.0 Å². The van der Waals surface area contributed by atoms with Crippen LogP contribution in [0.1, 0.15) is 23.6 Å². The van der Waals surface area contributed by atoms with Crippen molar-refractivity contribution >= 4 is 0 Å². The fraction of sp³-hybridized carbons (Fsp3) is 0.333. The summed E-state index contributed by atoms with van der Waals surface area (Å²) in [4.78, 5) is 0. The van der Waals surface area contributed by atoms with E-state index < -0.39 is 6.16 Å². The van der Waals surface area contributed by atoms with Gasteiger partial charge in [-0.05, 0) is 42.9 Å². The lowest BCUT2D eigenvalue weighted by Gasteiger charge is -2.32. The molecule has 0 aromatic heterocycles. The van der Waals surface area contributed by atoms with Crippen molar-refractivity contribution in [2.45, 2.75) is 32.3 Å². The van der Waals surface area contributed by atoms with Crippen LogP contribution in [0.25, 0.3) is 0 Å². The Morgan fingerprint density at radius 3 is 1.10 bits per heavy atom. The molecule has 0 aliphatic carbocycles. The van der Waals surface area contributed by atoms with E-state index in [1.807, 2.05) is 61.5 Å². The molecule has 3 aromatic rings. The van der Waals surface area contributed by atoms with Gasteiger partial charge in [-0.15, -0.1) is 0 Å². The molecular formula is C27H32O4. The fourth-order valence-electron chi connectivity index (χ4n) is 3.24. The Bertz CT molecular complexity index is 726. The summed E-state index contributed by atoms with van der Waals surface area (Å²) in [6.07, 6.45) is 0.742. The molecule has 3 aromatic carbocycles. The third-order valence-corrected chi connectivity index (χ3v) is 4.86. The van der Waals surface area contributed by atoms with Gasteiger partial charge in [0.1, 0.15) is 0 Å². The molecule has 4 heteroatoms. The lowest BCUT2D eigenvalue weighted by Crippen LogP contribution is -2.44. The maximum absolute atomic E-state index is 6.08. The van der Waals surface area contributed by atoms with Gasteiger partial charge in [0.2, 0.25) is 0 Å². The molecular weight excluding hydrogens is 388 g/mol. The van der Waals surface area contributed by atoms with Gasteiger partial charge in [0, 0.05) is 0 Å². The third kappa shape index (κ3) is 8.27. The van der Waals surface area contributed by atoms with Crippen LogP contribution in [-0.2, 0) is 38.2 Å². The number of benzene rings is 3. The first kappa shape index (κ1) is 23.2. The van der Waals surface area contributed by atoms with E-state index in [-0.39, 0.29) is 0 Å². The lowest BCUT2D eigenvalue weighted by atomic mass is 10.2. The van der Waals surface area contributed by atoms with Crippen molar-refractivity contribution in [1.82, 2.24) is 0 Å². The Balaban J connectivity index is 1.60. The van der Waals surface area contributed by atoms with Crippen LogP contribution in [0.2, 0.25) is 0 Å². The molecule has 0 atom stereocenters. The highest BCUT2D eigenvalue weighted by atomic mass is 17.0. The Hall–Kier alpha value is -2.50. The van der Waals surface area contributed by atoms with Crippen molar-refractivity contribution in [1.29, 1.82) is 0 Å². The van der Waals surface area contributed by atoms with E-state index in [1.54, 1.807) is 0 Å². The summed E-state index contributed by atoms with van der Waals surface area (Å²) in [5.74, 6) is 0. The van der Waals surface area contributed by atoms with Gasteiger partial charge >= 0.3 is 6.16 Å². The summed E-state index contributed by atoms with van der Waals surface area (Å²) in [5, 5.41) is 0. The molecule has 0 radical (unpaired) electrons. The van der Waals surface area contributed by atoms with Crippen molar-refractivity contribution in [2.24, 2.45) is 0 Å². The van der Waals surface area contributed by atoms with Crippen molar-refractivity contribution in [3.63, 3.8) is 0 Å². The maximum atomic E-state index is 6.08. The molecule has 0 saturated heterocycles. The minimum atomic E-state index is -1.51. The van der Waals surface area contributed by atoms with Crippen molar-refractivity contribution in [3.8, 4) is 0 Å². The van der Waals surface area contributed by atoms with Crippen LogP contribution in [0, 0.1) is 0 Å². The van der Waals surface area contributed by atoms with Gasteiger partial charge in [0.05, 0.1) is 26.4 Å². The molecule has 0 saturated carbocycles. The van der Waals surface area contributed by atoms with Gasteiger partial charge in [-0.1, -0.05) is 91.0 Å². The minimum Gasteiger partial charge on any atom is -0.304 e. The average Bonchev–Trinajstić information content (AvgIpc) is 2.81. The van der Waals surface area contributed by atoms with Crippen LogP contribution in [-0.4, -0.2) is 32.6 Å². The maximum Gasteiger partial charge on any atom is 0.412 e. The van der Waals surface area contributed by atoms with Gasteiger partial charge in [0.15, 0.2) is 0 Å². The predicted molar refractivity (Wildman–Crippen MR) is 123 cm³/mol. The standard InChI is InChI=1S/C27H32O4/c1-2-28-27(29-21-18-24-12-6-3-7-13-24,30-22-19-25-14-8-4-9-15-25)31-23-20-26-16-10-5-11-17-26/h3-17H,2,18-23H2,1H3. The summed E-state index contributed by atoms with van der Waals surface area (Å²) in [7, 11) is 0. The average molecular weight is 421 g/mol.